The average Bonchev–Trinajstić information content (AvgIpc) is 2.03. The van der Waals surface area contributed by atoms with E-state index in [9.17, 15) is 5.11 Å². The Bertz CT molecular complexity index is 135. The summed E-state index contributed by atoms with van der Waals surface area (Å²) in [6.45, 7) is 7.41. The summed E-state index contributed by atoms with van der Waals surface area (Å²) in [6.07, 6.45) is -0.227. The standard InChI is InChI=1S/C9H18O3/c1-4-7(10)8-11-5-9(2,3)6-12-8/h7-8,10H,4-6H2,1-3H3. The summed E-state index contributed by atoms with van der Waals surface area (Å²) in [5.74, 6) is 0. The van der Waals surface area contributed by atoms with Crippen LogP contribution in [0.1, 0.15) is 27.2 Å². The van der Waals surface area contributed by atoms with E-state index in [4.69, 9.17) is 9.47 Å². The largest absolute Gasteiger partial charge is 0.388 e. The fraction of sp³-hybridized carbons (Fsp3) is 1.00. The van der Waals surface area contributed by atoms with Crippen molar-refractivity contribution in [2.24, 2.45) is 5.41 Å². The molecule has 1 N–H and O–H groups in total. The van der Waals surface area contributed by atoms with E-state index in [2.05, 4.69) is 13.8 Å². The Morgan fingerprint density at radius 3 is 2.33 bits per heavy atom. The van der Waals surface area contributed by atoms with Crippen LogP contribution in [-0.2, 0) is 9.47 Å². The topological polar surface area (TPSA) is 38.7 Å². The molecule has 72 valence electrons. The molecule has 1 rings (SSSR count). The third-order valence-electron chi connectivity index (χ3n) is 2.01. The lowest BCUT2D eigenvalue weighted by molar-refractivity contribution is -0.256. The van der Waals surface area contributed by atoms with Gasteiger partial charge in [0, 0.05) is 5.41 Å². The maximum atomic E-state index is 9.40. The molecule has 1 heterocycles. The second-order valence-electron chi connectivity index (χ2n) is 4.13. The molecule has 1 atom stereocenters. The smallest absolute Gasteiger partial charge is 0.183 e. The molecule has 12 heavy (non-hydrogen) atoms. The van der Waals surface area contributed by atoms with Gasteiger partial charge in [-0.25, -0.2) is 0 Å². The first-order chi connectivity index (χ1) is 5.55. The summed E-state index contributed by atoms with van der Waals surface area (Å²) in [4.78, 5) is 0. The van der Waals surface area contributed by atoms with Crippen LogP contribution >= 0.6 is 0 Å². The fourth-order valence-corrected chi connectivity index (χ4v) is 1.12. The zero-order chi connectivity index (χ0) is 9.19. The molecular formula is C9H18O3. The van der Waals surface area contributed by atoms with Gasteiger partial charge < -0.3 is 14.6 Å². The maximum Gasteiger partial charge on any atom is 0.183 e. The molecule has 1 saturated heterocycles. The minimum atomic E-state index is -0.485. The maximum absolute atomic E-state index is 9.40. The van der Waals surface area contributed by atoms with E-state index in [1.165, 1.54) is 0 Å². The van der Waals surface area contributed by atoms with Gasteiger partial charge in [0.2, 0.25) is 0 Å². The van der Waals surface area contributed by atoms with E-state index in [1.807, 2.05) is 6.92 Å². The Kier molecular flexibility index (Phi) is 3.09. The van der Waals surface area contributed by atoms with Crippen molar-refractivity contribution in [3.8, 4) is 0 Å². The van der Waals surface area contributed by atoms with Crippen LogP contribution in [-0.4, -0.2) is 30.7 Å². The molecule has 0 aromatic heterocycles. The van der Waals surface area contributed by atoms with Gasteiger partial charge in [-0.2, -0.15) is 0 Å². The predicted octanol–water partition coefficient (Wildman–Crippen LogP) is 1.16. The van der Waals surface area contributed by atoms with Crippen LogP contribution in [0.25, 0.3) is 0 Å². The zero-order valence-corrected chi connectivity index (χ0v) is 8.04. The first-order valence-corrected chi connectivity index (χ1v) is 4.46. The number of aliphatic hydroxyl groups excluding tert-OH is 1. The van der Waals surface area contributed by atoms with Crippen LogP contribution in [0, 0.1) is 5.41 Å². The monoisotopic (exact) mass is 174 g/mol. The van der Waals surface area contributed by atoms with Crippen LogP contribution in [0.3, 0.4) is 0 Å². The van der Waals surface area contributed by atoms with Gasteiger partial charge >= 0.3 is 0 Å². The Morgan fingerprint density at radius 1 is 1.42 bits per heavy atom. The first-order valence-electron chi connectivity index (χ1n) is 4.46. The van der Waals surface area contributed by atoms with Crippen molar-refractivity contribution in [1.82, 2.24) is 0 Å². The number of hydrogen-bond donors (Lipinski definition) is 1. The highest BCUT2D eigenvalue weighted by molar-refractivity contribution is 4.73. The lowest BCUT2D eigenvalue weighted by Gasteiger charge is -2.36. The third-order valence-corrected chi connectivity index (χ3v) is 2.01. The minimum Gasteiger partial charge on any atom is -0.388 e. The van der Waals surface area contributed by atoms with Crippen LogP contribution in [0.15, 0.2) is 0 Å². The molecule has 0 radical (unpaired) electrons. The number of hydrogen-bond acceptors (Lipinski definition) is 3. The van der Waals surface area contributed by atoms with Crippen LogP contribution in [0.2, 0.25) is 0 Å². The molecule has 1 fully saturated rings. The van der Waals surface area contributed by atoms with Crippen molar-refractivity contribution in [3.63, 3.8) is 0 Å². The zero-order valence-electron chi connectivity index (χ0n) is 8.04. The van der Waals surface area contributed by atoms with Gasteiger partial charge in [0.15, 0.2) is 6.29 Å². The molecule has 1 unspecified atom stereocenters. The molecule has 3 heteroatoms. The average molecular weight is 174 g/mol. The number of aliphatic hydroxyl groups is 1. The Labute approximate surface area is 73.7 Å². The van der Waals surface area contributed by atoms with Crippen LogP contribution in [0.5, 0.6) is 0 Å². The van der Waals surface area contributed by atoms with Gasteiger partial charge in [0.05, 0.1) is 13.2 Å². The fourth-order valence-electron chi connectivity index (χ4n) is 1.12. The molecule has 1 aliphatic heterocycles. The van der Waals surface area contributed by atoms with E-state index in [-0.39, 0.29) is 5.41 Å². The Hall–Kier alpha value is -0.120. The summed E-state index contributed by atoms with van der Waals surface area (Å²) < 4.78 is 10.7. The molecule has 0 saturated carbocycles. The summed E-state index contributed by atoms with van der Waals surface area (Å²) >= 11 is 0. The third kappa shape index (κ3) is 2.44. The van der Waals surface area contributed by atoms with Crippen molar-refractivity contribution in [2.45, 2.75) is 39.6 Å². The summed E-state index contributed by atoms with van der Waals surface area (Å²) in [5.41, 5.74) is 0.0873. The van der Waals surface area contributed by atoms with Gasteiger partial charge in [0.25, 0.3) is 0 Å². The summed E-state index contributed by atoms with van der Waals surface area (Å²) in [7, 11) is 0. The molecular weight excluding hydrogens is 156 g/mol. The highest BCUT2D eigenvalue weighted by Crippen LogP contribution is 2.24. The van der Waals surface area contributed by atoms with Crippen molar-refractivity contribution in [1.29, 1.82) is 0 Å². The molecule has 0 aromatic rings. The lowest BCUT2D eigenvalue weighted by Crippen LogP contribution is -2.43. The SMILES string of the molecule is CCC(O)C1OCC(C)(C)CO1. The number of ether oxygens (including phenoxy) is 2. The van der Waals surface area contributed by atoms with E-state index in [0.29, 0.717) is 19.6 Å². The molecule has 0 amide bonds. The lowest BCUT2D eigenvalue weighted by atomic mass is 9.95. The van der Waals surface area contributed by atoms with Gasteiger partial charge in [-0.15, -0.1) is 0 Å². The molecule has 0 bridgehead atoms. The Morgan fingerprint density at radius 2 is 1.92 bits per heavy atom. The normalized spacial score (nSPS) is 27.0. The number of rotatable bonds is 2. The van der Waals surface area contributed by atoms with Crippen molar-refractivity contribution >= 4 is 0 Å². The molecule has 1 aliphatic rings. The van der Waals surface area contributed by atoms with Gasteiger partial charge in [-0.3, -0.25) is 0 Å². The molecule has 0 aromatic carbocycles. The van der Waals surface area contributed by atoms with Crippen molar-refractivity contribution in [3.05, 3.63) is 0 Å². The molecule has 0 aliphatic carbocycles. The summed E-state index contributed by atoms with van der Waals surface area (Å²) in [5, 5.41) is 9.40. The molecule has 3 nitrogen and oxygen atoms in total. The quantitative estimate of drug-likeness (QED) is 0.682. The van der Waals surface area contributed by atoms with E-state index in [1.54, 1.807) is 0 Å². The van der Waals surface area contributed by atoms with Gasteiger partial charge in [-0.05, 0) is 6.42 Å². The van der Waals surface area contributed by atoms with Gasteiger partial charge in [0.1, 0.15) is 6.10 Å². The van der Waals surface area contributed by atoms with Gasteiger partial charge in [-0.1, -0.05) is 20.8 Å². The molecule has 0 spiro atoms. The second-order valence-corrected chi connectivity index (χ2v) is 4.13. The highest BCUT2D eigenvalue weighted by Gasteiger charge is 2.31. The minimum absolute atomic E-state index is 0.0873. The van der Waals surface area contributed by atoms with E-state index < -0.39 is 12.4 Å². The highest BCUT2D eigenvalue weighted by atomic mass is 16.7. The van der Waals surface area contributed by atoms with Crippen molar-refractivity contribution < 1.29 is 14.6 Å². The Balaban J connectivity index is 2.36. The van der Waals surface area contributed by atoms with Crippen molar-refractivity contribution in [2.75, 3.05) is 13.2 Å². The van der Waals surface area contributed by atoms with Crippen LogP contribution < -0.4 is 0 Å². The summed E-state index contributed by atoms with van der Waals surface area (Å²) in [6, 6.07) is 0. The second kappa shape index (κ2) is 3.73. The van der Waals surface area contributed by atoms with E-state index in [0.717, 1.165) is 0 Å². The predicted molar refractivity (Wildman–Crippen MR) is 45.8 cm³/mol. The first kappa shape index (κ1) is 9.96. The van der Waals surface area contributed by atoms with Crippen LogP contribution in [0.4, 0.5) is 0 Å². The van der Waals surface area contributed by atoms with E-state index >= 15 is 0 Å².